The number of thiophene rings is 1. The molecule has 2 aromatic heterocycles. The summed E-state index contributed by atoms with van der Waals surface area (Å²) in [6.45, 7) is 2.11. The third kappa shape index (κ3) is 4.91. The van der Waals surface area contributed by atoms with Gasteiger partial charge >= 0.3 is 0 Å². The molecule has 0 saturated carbocycles. The lowest BCUT2D eigenvalue weighted by molar-refractivity contribution is 0.0986. The normalized spacial score (nSPS) is 11.0. The number of hydrogen-bond donors (Lipinski definition) is 0. The monoisotopic (exact) mass is 463 g/mol. The summed E-state index contributed by atoms with van der Waals surface area (Å²) < 4.78 is 23.9. The quantitative estimate of drug-likeness (QED) is 0.254. The van der Waals surface area contributed by atoms with E-state index < -0.39 is 0 Å². The van der Waals surface area contributed by atoms with E-state index in [0.29, 0.717) is 24.3 Å². The number of benzene rings is 2. The standard InChI is InChI=1S/C27H26FNO3S/c1-4-5-20-21-12-13-22(18-9-15-24(31-2)25(16-18)32-3)29-27(21)33-26(20)23(30)14-8-17-6-10-19(28)11-7-17/h6-7,9-13,15-16H,4-5,8,14H2,1-3H3. The first kappa shape index (κ1) is 22.9. The van der Waals surface area contributed by atoms with Crippen molar-refractivity contribution in [1.82, 2.24) is 4.98 Å². The van der Waals surface area contributed by atoms with Crippen LogP contribution in [0.1, 0.15) is 40.6 Å². The van der Waals surface area contributed by atoms with Crippen LogP contribution in [-0.2, 0) is 12.8 Å². The Labute approximate surface area is 197 Å². The zero-order valence-corrected chi connectivity index (χ0v) is 19.8. The lowest BCUT2D eigenvalue weighted by Crippen LogP contribution is -2.02. The summed E-state index contributed by atoms with van der Waals surface area (Å²) in [5.41, 5.74) is 3.77. The highest BCUT2D eigenvalue weighted by Gasteiger charge is 2.19. The van der Waals surface area contributed by atoms with Gasteiger partial charge in [0.15, 0.2) is 17.3 Å². The SMILES string of the molecule is CCCc1c(C(=O)CCc2ccc(F)cc2)sc2nc(-c3ccc(OC)c(OC)c3)ccc12. The van der Waals surface area contributed by atoms with Crippen LogP contribution in [0.25, 0.3) is 21.5 Å². The summed E-state index contributed by atoms with van der Waals surface area (Å²) in [4.78, 5) is 19.7. The number of aryl methyl sites for hydroxylation is 2. The van der Waals surface area contributed by atoms with Crippen LogP contribution in [0.2, 0.25) is 0 Å². The van der Waals surface area contributed by atoms with E-state index in [2.05, 4.69) is 13.0 Å². The van der Waals surface area contributed by atoms with Gasteiger partial charge in [0.1, 0.15) is 10.6 Å². The summed E-state index contributed by atoms with van der Waals surface area (Å²) in [6.07, 6.45) is 2.75. The van der Waals surface area contributed by atoms with Crippen LogP contribution in [0.5, 0.6) is 11.5 Å². The highest BCUT2D eigenvalue weighted by Crippen LogP contribution is 2.36. The number of halogens is 1. The molecule has 170 valence electrons. The predicted octanol–water partition coefficient (Wildman–Crippen LogP) is 6.89. The van der Waals surface area contributed by atoms with Crippen LogP contribution in [0, 0.1) is 5.82 Å². The average molecular weight is 464 g/mol. The van der Waals surface area contributed by atoms with Gasteiger partial charge in [-0.3, -0.25) is 4.79 Å². The van der Waals surface area contributed by atoms with Crippen molar-refractivity contribution in [3.8, 4) is 22.8 Å². The highest BCUT2D eigenvalue weighted by atomic mass is 32.1. The van der Waals surface area contributed by atoms with Crippen molar-refractivity contribution < 1.29 is 18.7 Å². The third-order valence-electron chi connectivity index (χ3n) is 5.64. The fourth-order valence-electron chi connectivity index (χ4n) is 3.93. The first-order valence-electron chi connectivity index (χ1n) is 11.0. The van der Waals surface area contributed by atoms with Gasteiger partial charge in [0.05, 0.1) is 24.8 Å². The van der Waals surface area contributed by atoms with Gasteiger partial charge in [-0.25, -0.2) is 9.37 Å². The Morgan fingerprint density at radius 3 is 2.42 bits per heavy atom. The number of ketones is 1. The minimum Gasteiger partial charge on any atom is -0.493 e. The Morgan fingerprint density at radius 1 is 0.970 bits per heavy atom. The molecule has 0 aliphatic heterocycles. The molecule has 4 nitrogen and oxygen atoms in total. The number of carbonyl (C=O) groups is 1. The number of aromatic nitrogens is 1. The predicted molar refractivity (Wildman–Crippen MR) is 131 cm³/mol. The van der Waals surface area contributed by atoms with Crippen LogP contribution in [-0.4, -0.2) is 25.0 Å². The molecule has 4 aromatic rings. The van der Waals surface area contributed by atoms with Gasteiger partial charge in [-0.15, -0.1) is 11.3 Å². The number of nitrogens with zero attached hydrogens (tertiary/aromatic N) is 1. The minimum absolute atomic E-state index is 0.110. The maximum atomic E-state index is 13.2. The molecule has 0 fully saturated rings. The minimum atomic E-state index is -0.267. The Bertz CT molecular complexity index is 1280. The zero-order chi connectivity index (χ0) is 23.4. The molecule has 0 aliphatic carbocycles. The van der Waals surface area contributed by atoms with Crippen LogP contribution in [0.15, 0.2) is 54.6 Å². The van der Waals surface area contributed by atoms with Crippen molar-refractivity contribution in [2.75, 3.05) is 14.2 Å². The number of methoxy groups -OCH3 is 2. The van der Waals surface area contributed by atoms with E-state index >= 15 is 0 Å². The Kier molecular flexibility index (Phi) is 7.04. The number of ether oxygens (including phenoxy) is 2. The molecule has 2 aromatic carbocycles. The van der Waals surface area contributed by atoms with Crippen LogP contribution < -0.4 is 9.47 Å². The summed E-state index contributed by atoms with van der Waals surface area (Å²) in [5.74, 6) is 1.15. The molecule has 6 heteroatoms. The number of rotatable bonds is 9. The number of pyridine rings is 1. The smallest absolute Gasteiger partial charge is 0.173 e. The van der Waals surface area contributed by atoms with Crippen LogP contribution in [0.3, 0.4) is 0 Å². The van der Waals surface area contributed by atoms with Crippen molar-refractivity contribution >= 4 is 27.3 Å². The molecule has 0 spiro atoms. The van der Waals surface area contributed by atoms with E-state index in [1.165, 1.54) is 23.5 Å². The maximum Gasteiger partial charge on any atom is 0.173 e. The molecule has 2 heterocycles. The molecule has 4 rings (SSSR count). The molecule has 0 bridgehead atoms. The first-order chi connectivity index (χ1) is 16.0. The topological polar surface area (TPSA) is 48.4 Å². The van der Waals surface area contributed by atoms with Gasteiger partial charge in [-0.1, -0.05) is 25.5 Å². The maximum absolute atomic E-state index is 13.2. The van der Waals surface area contributed by atoms with Gasteiger partial charge in [-0.2, -0.15) is 0 Å². The highest BCUT2D eigenvalue weighted by molar-refractivity contribution is 7.20. The molecule has 0 radical (unpaired) electrons. The molecular formula is C27H26FNO3S. The van der Waals surface area contributed by atoms with E-state index in [9.17, 15) is 9.18 Å². The fraction of sp³-hybridized carbons (Fsp3) is 0.259. The van der Waals surface area contributed by atoms with Crippen LogP contribution >= 0.6 is 11.3 Å². The van der Waals surface area contributed by atoms with E-state index in [4.69, 9.17) is 14.5 Å². The van der Waals surface area contributed by atoms with Gasteiger partial charge in [0.2, 0.25) is 0 Å². The van der Waals surface area contributed by atoms with E-state index in [1.807, 2.05) is 24.3 Å². The summed E-state index contributed by atoms with van der Waals surface area (Å²) in [5, 5.41) is 1.04. The van der Waals surface area contributed by atoms with Gasteiger partial charge in [-0.05, 0) is 66.4 Å². The largest absolute Gasteiger partial charge is 0.493 e. The lowest BCUT2D eigenvalue weighted by atomic mass is 10.0. The summed E-state index contributed by atoms with van der Waals surface area (Å²) >= 11 is 1.46. The molecule has 0 unspecified atom stereocenters. The molecule has 0 N–H and O–H groups in total. The van der Waals surface area contributed by atoms with Gasteiger partial charge in [0, 0.05) is 17.4 Å². The molecule has 0 amide bonds. The second-order valence-corrected chi connectivity index (χ2v) is 8.83. The number of Topliss-reactive ketones (excluding diaryl/α,β-unsaturated/α-hetero) is 1. The Hall–Kier alpha value is -3.25. The zero-order valence-electron chi connectivity index (χ0n) is 19.0. The van der Waals surface area contributed by atoms with Gasteiger partial charge in [0.25, 0.3) is 0 Å². The Morgan fingerprint density at radius 2 is 1.73 bits per heavy atom. The Balaban J connectivity index is 1.65. The van der Waals surface area contributed by atoms with Crippen molar-refractivity contribution in [2.24, 2.45) is 0 Å². The molecule has 0 saturated heterocycles. The molecule has 33 heavy (non-hydrogen) atoms. The van der Waals surface area contributed by atoms with Crippen molar-refractivity contribution in [3.05, 3.63) is 76.4 Å². The van der Waals surface area contributed by atoms with E-state index in [-0.39, 0.29) is 11.6 Å². The second kappa shape index (κ2) is 10.1. The first-order valence-corrected chi connectivity index (χ1v) is 11.8. The van der Waals surface area contributed by atoms with E-state index in [0.717, 1.165) is 50.3 Å². The van der Waals surface area contributed by atoms with Crippen molar-refractivity contribution in [3.63, 3.8) is 0 Å². The number of carbonyl (C=O) groups excluding carboxylic acids is 1. The lowest BCUT2D eigenvalue weighted by Gasteiger charge is -2.09. The number of hydrogen-bond acceptors (Lipinski definition) is 5. The molecule has 0 atom stereocenters. The van der Waals surface area contributed by atoms with Crippen molar-refractivity contribution in [2.45, 2.75) is 32.6 Å². The van der Waals surface area contributed by atoms with Gasteiger partial charge < -0.3 is 9.47 Å². The second-order valence-electron chi connectivity index (χ2n) is 7.83. The van der Waals surface area contributed by atoms with E-state index in [1.54, 1.807) is 26.4 Å². The molecular weight excluding hydrogens is 437 g/mol. The fourth-order valence-corrected chi connectivity index (χ4v) is 5.12. The summed E-state index contributed by atoms with van der Waals surface area (Å²) in [7, 11) is 3.22. The average Bonchev–Trinajstić information content (AvgIpc) is 3.21. The third-order valence-corrected chi connectivity index (χ3v) is 6.83. The van der Waals surface area contributed by atoms with Crippen LogP contribution in [0.4, 0.5) is 4.39 Å². The van der Waals surface area contributed by atoms with Crippen molar-refractivity contribution in [1.29, 1.82) is 0 Å². The number of fused-ring (bicyclic) bond motifs is 1. The summed E-state index contributed by atoms with van der Waals surface area (Å²) in [6, 6.07) is 16.1. The molecule has 0 aliphatic rings.